The van der Waals surface area contributed by atoms with E-state index in [2.05, 4.69) is 25.1 Å². The summed E-state index contributed by atoms with van der Waals surface area (Å²) in [6.07, 6.45) is 0.687. The SMILES string of the molecule is Cc1ccc(S(=O)(=O)N2c3ccccc3[C@@](C)(c3ccccc3)CC2(C)C)cc1. The van der Waals surface area contributed by atoms with Crippen LogP contribution in [0.15, 0.2) is 83.8 Å². The number of sulfonamides is 1. The molecule has 4 heteroatoms. The molecule has 1 heterocycles. The van der Waals surface area contributed by atoms with Crippen LogP contribution in [-0.2, 0) is 15.4 Å². The molecule has 3 nitrogen and oxygen atoms in total. The van der Waals surface area contributed by atoms with Gasteiger partial charge in [0.1, 0.15) is 0 Å². The first-order valence-electron chi connectivity index (χ1n) is 9.93. The second-order valence-electron chi connectivity index (χ2n) is 8.79. The van der Waals surface area contributed by atoms with Crippen molar-refractivity contribution >= 4 is 15.7 Å². The highest BCUT2D eigenvalue weighted by atomic mass is 32.2. The lowest BCUT2D eigenvalue weighted by molar-refractivity contribution is 0.351. The van der Waals surface area contributed by atoms with Crippen LogP contribution in [0.4, 0.5) is 5.69 Å². The van der Waals surface area contributed by atoms with Crippen molar-refractivity contribution in [1.82, 2.24) is 0 Å². The summed E-state index contributed by atoms with van der Waals surface area (Å²) in [6, 6.07) is 25.4. The number of rotatable bonds is 3. The Morgan fingerprint density at radius 1 is 0.793 bits per heavy atom. The first-order chi connectivity index (χ1) is 13.7. The van der Waals surface area contributed by atoms with Crippen molar-refractivity contribution in [1.29, 1.82) is 0 Å². The molecule has 0 bridgehead atoms. The minimum Gasteiger partial charge on any atom is -0.260 e. The van der Waals surface area contributed by atoms with Gasteiger partial charge in [-0.3, -0.25) is 4.31 Å². The highest BCUT2D eigenvalue weighted by Gasteiger charge is 2.49. The number of aryl methyl sites for hydroxylation is 1. The number of fused-ring (bicyclic) bond motifs is 1. The largest absolute Gasteiger partial charge is 0.264 e. The fourth-order valence-corrected chi connectivity index (χ4v) is 6.63. The molecular formula is C25H27NO2S. The van der Waals surface area contributed by atoms with Crippen LogP contribution in [0.1, 0.15) is 43.9 Å². The topological polar surface area (TPSA) is 37.4 Å². The summed E-state index contributed by atoms with van der Waals surface area (Å²) >= 11 is 0. The van der Waals surface area contributed by atoms with Gasteiger partial charge in [0.25, 0.3) is 10.0 Å². The summed E-state index contributed by atoms with van der Waals surface area (Å²) in [5, 5.41) is 0. The van der Waals surface area contributed by atoms with E-state index in [1.54, 1.807) is 16.4 Å². The monoisotopic (exact) mass is 405 g/mol. The number of benzene rings is 3. The Morgan fingerprint density at radius 2 is 1.38 bits per heavy atom. The molecule has 0 radical (unpaired) electrons. The highest BCUT2D eigenvalue weighted by molar-refractivity contribution is 7.93. The van der Waals surface area contributed by atoms with Gasteiger partial charge in [-0.15, -0.1) is 0 Å². The van der Waals surface area contributed by atoms with Crippen molar-refractivity contribution in [3.8, 4) is 0 Å². The molecule has 0 fully saturated rings. The lowest BCUT2D eigenvalue weighted by atomic mass is 9.66. The third-order valence-electron chi connectivity index (χ3n) is 6.02. The van der Waals surface area contributed by atoms with Gasteiger partial charge in [0.05, 0.1) is 16.1 Å². The molecule has 0 aromatic heterocycles. The van der Waals surface area contributed by atoms with Gasteiger partial charge < -0.3 is 0 Å². The molecule has 0 N–H and O–H groups in total. The highest BCUT2D eigenvalue weighted by Crippen LogP contribution is 2.51. The summed E-state index contributed by atoms with van der Waals surface area (Å²) in [7, 11) is -3.70. The zero-order valence-electron chi connectivity index (χ0n) is 17.4. The minimum atomic E-state index is -3.70. The second kappa shape index (κ2) is 6.74. The van der Waals surface area contributed by atoms with Crippen molar-refractivity contribution in [3.05, 3.63) is 95.6 Å². The molecule has 1 atom stereocenters. The first-order valence-corrected chi connectivity index (χ1v) is 11.4. The van der Waals surface area contributed by atoms with Crippen molar-refractivity contribution in [2.24, 2.45) is 0 Å². The lowest BCUT2D eigenvalue weighted by Gasteiger charge is -2.51. The van der Waals surface area contributed by atoms with Crippen LogP contribution >= 0.6 is 0 Å². The molecule has 29 heavy (non-hydrogen) atoms. The molecule has 1 aliphatic heterocycles. The molecular weight excluding hydrogens is 378 g/mol. The Morgan fingerprint density at radius 3 is 2.03 bits per heavy atom. The van der Waals surface area contributed by atoms with Crippen LogP contribution in [0.3, 0.4) is 0 Å². The maximum atomic E-state index is 13.8. The normalized spacial score (nSPS) is 20.9. The molecule has 3 aromatic rings. The van der Waals surface area contributed by atoms with Gasteiger partial charge in [0, 0.05) is 5.41 Å². The maximum absolute atomic E-state index is 13.8. The summed E-state index contributed by atoms with van der Waals surface area (Å²) in [6.45, 7) is 8.23. The van der Waals surface area contributed by atoms with Crippen molar-refractivity contribution in [3.63, 3.8) is 0 Å². The van der Waals surface area contributed by atoms with E-state index in [-0.39, 0.29) is 5.41 Å². The van der Waals surface area contributed by atoms with Gasteiger partial charge in [-0.25, -0.2) is 8.42 Å². The van der Waals surface area contributed by atoms with E-state index in [9.17, 15) is 8.42 Å². The van der Waals surface area contributed by atoms with E-state index in [1.807, 2.05) is 69.3 Å². The fourth-order valence-electron chi connectivity index (χ4n) is 4.81. The van der Waals surface area contributed by atoms with E-state index in [1.165, 1.54) is 5.56 Å². The Bertz CT molecular complexity index is 1130. The van der Waals surface area contributed by atoms with E-state index >= 15 is 0 Å². The van der Waals surface area contributed by atoms with Crippen LogP contribution in [0.2, 0.25) is 0 Å². The molecule has 0 amide bonds. The van der Waals surface area contributed by atoms with Gasteiger partial charge in [-0.05, 0) is 56.5 Å². The first kappa shape index (κ1) is 19.7. The fraction of sp³-hybridized carbons (Fsp3) is 0.280. The Hall–Kier alpha value is -2.59. The number of para-hydroxylation sites is 1. The molecule has 0 saturated heterocycles. The van der Waals surface area contributed by atoms with Crippen LogP contribution in [-0.4, -0.2) is 14.0 Å². The summed E-state index contributed by atoms with van der Waals surface area (Å²) < 4.78 is 29.1. The summed E-state index contributed by atoms with van der Waals surface area (Å²) in [5.41, 5.74) is 3.17. The number of hydrogen-bond acceptors (Lipinski definition) is 2. The average Bonchev–Trinajstić information content (AvgIpc) is 2.68. The van der Waals surface area contributed by atoms with Crippen molar-refractivity contribution in [2.75, 3.05) is 4.31 Å². The Balaban J connectivity index is 1.94. The quantitative estimate of drug-likeness (QED) is 0.562. The van der Waals surface area contributed by atoms with E-state index in [0.717, 1.165) is 16.8 Å². The van der Waals surface area contributed by atoms with Gasteiger partial charge in [-0.1, -0.05) is 73.2 Å². The molecule has 4 rings (SSSR count). The van der Waals surface area contributed by atoms with Crippen molar-refractivity contribution in [2.45, 2.75) is 50.0 Å². The van der Waals surface area contributed by atoms with E-state index in [4.69, 9.17) is 0 Å². The van der Waals surface area contributed by atoms with Gasteiger partial charge in [0.15, 0.2) is 0 Å². The van der Waals surface area contributed by atoms with Crippen molar-refractivity contribution < 1.29 is 8.42 Å². The van der Waals surface area contributed by atoms with Crippen LogP contribution in [0.25, 0.3) is 0 Å². The number of anilines is 1. The zero-order valence-corrected chi connectivity index (χ0v) is 18.2. The maximum Gasteiger partial charge on any atom is 0.264 e. The zero-order chi connectivity index (χ0) is 20.9. The van der Waals surface area contributed by atoms with E-state index in [0.29, 0.717) is 11.3 Å². The predicted molar refractivity (Wildman–Crippen MR) is 119 cm³/mol. The molecule has 150 valence electrons. The van der Waals surface area contributed by atoms with Crippen LogP contribution < -0.4 is 4.31 Å². The minimum absolute atomic E-state index is 0.277. The van der Waals surface area contributed by atoms with Gasteiger partial charge >= 0.3 is 0 Å². The smallest absolute Gasteiger partial charge is 0.260 e. The second-order valence-corrected chi connectivity index (χ2v) is 10.6. The third-order valence-corrected chi connectivity index (χ3v) is 8.06. The van der Waals surface area contributed by atoms with E-state index < -0.39 is 15.6 Å². The van der Waals surface area contributed by atoms with Gasteiger partial charge in [0.2, 0.25) is 0 Å². The molecule has 0 saturated carbocycles. The molecule has 0 aliphatic carbocycles. The molecule has 0 spiro atoms. The predicted octanol–water partition coefficient (Wildman–Crippen LogP) is 5.68. The number of nitrogens with zero attached hydrogens (tertiary/aromatic N) is 1. The lowest BCUT2D eigenvalue weighted by Crippen LogP contribution is -2.55. The molecule has 1 aliphatic rings. The summed E-state index contributed by atoms with van der Waals surface area (Å²) in [5.74, 6) is 0. The Labute approximate surface area is 174 Å². The van der Waals surface area contributed by atoms with Crippen LogP contribution in [0, 0.1) is 6.92 Å². The molecule has 0 unspecified atom stereocenters. The number of hydrogen-bond donors (Lipinski definition) is 0. The average molecular weight is 406 g/mol. The van der Waals surface area contributed by atoms with Gasteiger partial charge in [-0.2, -0.15) is 0 Å². The standard InChI is InChI=1S/C25H27NO2S/c1-19-14-16-21(17-15-19)29(27,28)26-23-13-9-8-12-22(23)25(4,18-24(26,2)3)20-10-6-5-7-11-20/h5-17H,18H2,1-4H3/t25-/m1/s1. The Kier molecular flexibility index (Phi) is 4.58. The summed E-state index contributed by atoms with van der Waals surface area (Å²) in [4.78, 5) is 0.328. The van der Waals surface area contributed by atoms with Crippen LogP contribution in [0.5, 0.6) is 0 Å². The molecule has 3 aromatic carbocycles. The third kappa shape index (κ3) is 3.16.